The normalized spacial score (nSPS) is 12.1. The summed E-state index contributed by atoms with van der Waals surface area (Å²) in [6.07, 6.45) is 4.56. The second kappa shape index (κ2) is 7.67. The van der Waals surface area contributed by atoms with Gasteiger partial charge in [-0.2, -0.15) is 5.10 Å². The number of benzene rings is 1. The molecular weight excluding hydrogens is 316 g/mol. The quantitative estimate of drug-likeness (QED) is 0.741. The molecule has 1 unspecified atom stereocenters. The van der Waals surface area contributed by atoms with E-state index in [0.717, 1.165) is 5.56 Å². The third kappa shape index (κ3) is 4.27. The summed E-state index contributed by atoms with van der Waals surface area (Å²) in [5.41, 5.74) is 1.59. The highest BCUT2D eigenvalue weighted by molar-refractivity contribution is 5.94. The summed E-state index contributed by atoms with van der Waals surface area (Å²) in [7, 11) is 3.97. The number of aromatic nitrogens is 4. The van der Waals surface area contributed by atoms with Crippen molar-refractivity contribution in [3.8, 4) is 5.82 Å². The maximum Gasteiger partial charge on any atom is 0.251 e. The SMILES string of the molecule is CN(C)CC(NC(=O)c1ccnc(-n2cncn2)c1)c1ccccc1. The standard InChI is InChI=1S/C18H20N6O/c1-23(2)11-16(14-6-4-3-5-7-14)22-18(25)15-8-9-20-17(10-15)24-13-19-12-21-24/h3-10,12-13,16H,11H2,1-2H3,(H,22,25). The van der Waals surface area contributed by atoms with Crippen molar-refractivity contribution >= 4 is 5.91 Å². The molecule has 1 amide bonds. The predicted octanol–water partition coefficient (Wildman–Crippen LogP) is 1.69. The van der Waals surface area contributed by atoms with Crippen molar-refractivity contribution in [1.29, 1.82) is 0 Å². The molecular formula is C18H20N6O. The fourth-order valence-corrected chi connectivity index (χ4v) is 2.54. The van der Waals surface area contributed by atoms with E-state index in [2.05, 4.69) is 20.4 Å². The lowest BCUT2D eigenvalue weighted by molar-refractivity contribution is 0.0930. The van der Waals surface area contributed by atoms with Gasteiger partial charge in [0.2, 0.25) is 0 Å². The molecule has 3 aromatic rings. The lowest BCUT2D eigenvalue weighted by Crippen LogP contribution is -2.35. The van der Waals surface area contributed by atoms with Gasteiger partial charge in [-0.1, -0.05) is 30.3 Å². The first-order valence-electron chi connectivity index (χ1n) is 7.95. The molecule has 25 heavy (non-hydrogen) atoms. The third-order valence-corrected chi connectivity index (χ3v) is 3.72. The molecule has 1 aromatic carbocycles. The number of nitrogens with one attached hydrogen (secondary N) is 1. The number of hydrogen-bond donors (Lipinski definition) is 1. The van der Waals surface area contributed by atoms with Gasteiger partial charge in [-0.3, -0.25) is 4.79 Å². The summed E-state index contributed by atoms with van der Waals surface area (Å²) >= 11 is 0. The van der Waals surface area contributed by atoms with Crippen LogP contribution in [-0.2, 0) is 0 Å². The van der Waals surface area contributed by atoms with Gasteiger partial charge in [0.05, 0.1) is 6.04 Å². The van der Waals surface area contributed by atoms with Crippen molar-refractivity contribution < 1.29 is 4.79 Å². The van der Waals surface area contributed by atoms with E-state index in [-0.39, 0.29) is 11.9 Å². The minimum Gasteiger partial charge on any atom is -0.344 e. The molecule has 128 valence electrons. The van der Waals surface area contributed by atoms with Crippen LogP contribution in [0.25, 0.3) is 5.82 Å². The summed E-state index contributed by atoms with van der Waals surface area (Å²) in [6, 6.07) is 13.2. The van der Waals surface area contributed by atoms with E-state index in [4.69, 9.17) is 0 Å². The highest BCUT2D eigenvalue weighted by Crippen LogP contribution is 2.15. The number of pyridine rings is 1. The van der Waals surface area contributed by atoms with Crippen molar-refractivity contribution in [1.82, 2.24) is 30.0 Å². The zero-order chi connectivity index (χ0) is 17.6. The second-order valence-corrected chi connectivity index (χ2v) is 5.94. The highest BCUT2D eigenvalue weighted by Gasteiger charge is 2.17. The Morgan fingerprint density at radius 2 is 2.04 bits per heavy atom. The second-order valence-electron chi connectivity index (χ2n) is 5.94. The van der Waals surface area contributed by atoms with Crippen LogP contribution < -0.4 is 5.32 Å². The summed E-state index contributed by atoms with van der Waals surface area (Å²) in [5.74, 6) is 0.397. The van der Waals surface area contributed by atoms with Crippen molar-refractivity contribution in [3.63, 3.8) is 0 Å². The molecule has 2 heterocycles. The molecule has 0 aliphatic rings. The van der Waals surface area contributed by atoms with Crippen LogP contribution in [0.1, 0.15) is 22.0 Å². The van der Waals surface area contributed by atoms with Crippen LogP contribution in [0.3, 0.4) is 0 Å². The molecule has 0 spiro atoms. The largest absolute Gasteiger partial charge is 0.344 e. The number of nitrogens with zero attached hydrogens (tertiary/aromatic N) is 5. The third-order valence-electron chi connectivity index (χ3n) is 3.72. The zero-order valence-electron chi connectivity index (χ0n) is 14.2. The molecule has 0 fully saturated rings. The van der Waals surface area contributed by atoms with Crippen LogP contribution in [0.15, 0.2) is 61.3 Å². The molecule has 0 aliphatic carbocycles. The van der Waals surface area contributed by atoms with Gasteiger partial charge < -0.3 is 10.2 Å². The summed E-state index contributed by atoms with van der Waals surface area (Å²) in [6.45, 7) is 0.705. The average Bonchev–Trinajstić information content (AvgIpc) is 3.16. The van der Waals surface area contributed by atoms with Gasteiger partial charge in [-0.25, -0.2) is 14.6 Å². The lowest BCUT2D eigenvalue weighted by Gasteiger charge is -2.23. The van der Waals surface area contributed by atoms with E-state index in [1.807, 2.05) is 49.3 Å². The predicted molar refractivity (Wildman–Crippen MR) is 94.4 cm³/mol. The van der Waals surface area contributed by atoms with E-state index < -0.39 is 0 Å². The Balaban J connectivity index is 1.81. The van der Waals surface area contributed by atoms with E-state index in [1.165, 1.54) is 11.0 Å². The van der Waals surface area contributed by atoms with Gasteiger partial charge in [0.1, 0.15) is 12.7 Å². The fourth-order valence-electron chi connectivity index (χ4n) is 2.54. The van der Waals surface area contributed by atoms with E-state index in [9.17, 15) is 4.79 Å². The van der Waals surface area contributed by atoms with Crippen LogP contribution in [0, 0.1) is 0 Å². The number of amides is 1. The highest BCUT2D eigenvalue weighted by atomic mass is 16.1. The summed E-state index contributed by atoms with van der Waals surface area (Å²) in [5, 5.41) is 7.14. The maximum absolute atomic E-state index is 12.7. The lowest BCUT2D eigenvalue weighted by atomic mass is 10.1. The Kier molecular flexibility index (Phi) is 5.15. The van der Waals surface area contributed by atoms with E-state index in [0.29, 0.717) is 17.9 Å². The van der Waals surface area contributed by atoms with Gasteiger partial charge >= 0.3 is 0 Å². The number of rotatable bonds is 6. The van der Waals surface area contributed by atoms with Crippen LogP contribution in [0.5, 0.6) is 0 Å². The number of hydrogen-bond acceptors (Lipinski definition) is 5. The Morgan fingerprint density at radius 1 is 1.24 bits per heavy atom. The first-order chi connectivity index (χ1) is 12.1. The Morgan fingerprint density at radius 3 is 2.72 bits per heavy atom. The van der Waals surface area contributed by atoms with Crippen molar-refractivity contribution in [3.05, 3.63) is 72.4 Å². The van der Waals surface area contributed by atoms with Crippen LogP contribution in [-0.4, -0.2) is 51.2 Å². The fraction of sp³-hybridized carbons (Fsp3) is 0.222. The topological polar surface area (TPSA) is 75.9 Å². The van der Waals surface area contributed by atoms with E-state index >= 15 is 0 Å². The molecule has 1 N–H and O–H groups in total. The average molecular weight is 336 g/mol. The number of carbonyl (C=O) groups is 1. The molecule has 7 nitrogen and oxygen atoms in total. The maximum atomic E-state index is 12.7. The molecule has 7 heteroatoms. The first kappa shape index (κ1) is 16.8. The first-order valence-corrected chi connectivity index (χ1v) is 7.95. The number of carbonyl (C=O) groups excluding carboxylic acids is 1. The van der Waals surface area contributed by atoms with Crippen molar-refractivity contribution in [2.24, 2.45) is 0 Å². The van der Waals surface area contributed by atoms with Gasteiger partial charge in [-0.15, -0.1) is 0 Å². The van der Waals surface area contributed by atoms with Crippen molar-refractivity contribution in [2.45, 2.75) is 6.04 Å². The summed E-state index contributed by atoms with van der Waals surface area (Å²) in [4.78, 5) is 22.9. The van der Waals surface area contributed by atoms with Gasteiger partial charge in [0.15, 0.2) is 5.82 Å². The van der Waals surface area contributed by atoms with Gasteiger partial charge in [0.25, 0.3) is 5.91 Å². The Labute approximate surface area is 146 Å². The van der Waals surface area contributed by atoms with Gasteiger partial charge in [0, 0.05) is 18.3 Å². The van der Waals surface area contributed by atoms with Crippen LogP contribution in [0.2, 0.25) is 0 Å². The minimum atomic E-state index is -0.153. The molecule has 2 aromatic heterocycles. The van der Waals surface area contributed by atoms with Crippen LogP contribution >= 0.6 is 0 Å². The Bertz CT molecular complexity index is 817. The summed E-state index contributed by atoms with van der Waals surface area (Å²) < 4.78 is 1.52. The van der Waals surface area contributed by atoms with Gasteiger partial charge in [-0.05, 0) is 31.8 Å². The molecule has 3 rings (SSSR count). The monoisotopic (exact) mass is 336 g/mol. The molecule has 0 saturated carbocycles. The molecule has 0 aliphatic heterocycles. The van der Waals surface area contributed by atoms with E-state index in [1.54, 1.807) is 24.7 Å². The van der Waals surface area contributed by atoms with Crippen molar-refractivity contribution in [2.75, 3.05) is 20.6 Å². The molecule has 1 atom stereocenters. The zero-order valence-corrected chi connectivity index (χ0v) is 14.2. The Hall–Kier alpha value is -3.06. The van der Waals surface area contributed by atoms with Crippen LogP contribution in [0.4, 0.5) is 0 Å². The number of likely N-dealkylation sites (N-methyl/N-ethyl adjacent to an activating group) is 1. The molecule has 0 radical (unpaired) electrons. The molecule has 0 bridgehead atoms. The minimum absolute atomic E-state index is 0.105. The smallest absolute Gasteiger partial charge is 0.251 e. The molecule has 0 saturated heterocycles.